The van der Waals surface area contributed by atoms with Crippen molar-refractivity contribution in [2.24, 2.45) is 0 Å². The normalized spacial score (nSPS) is 12.9. The molecular weight excluding hydrogens is 324 g/mol. The lowest BCUT2D eigenvalue weighted by Crippen LogP contribution is -2.19. The van der Waals surface area contributed by atoms with Crippen molar-refractivity contribution in [1.82, 2.24) is 19.9 Å². The van der Waals surface area contributed by atoms with Crippen LogP contribution in [0.4, 0.5) is 0 Å². The summed E-state index contributed by atoms with van der Waals surface area (Å²) < 4.78 is 3.15. The summed E-state index contributed by atoms with van der Waals surface area (Å²) in [5, 5.41) is 14.0. The van der Waals surface area contributed by atoms with Crippen LogP contribution in [0.25, 0.3) is 5.65 Å². The van der Waals surface area contributed by atoms with Gasteiger partial charge in [0.05, 0.1) is 6.04 Å². The summed E-state index contributed by atoms with van der Waals surface area (Å²) in [6, 6.07) is 8.20. The van der Waals surface area contributed by atoms with Crippen molar-refractivity contribution in [1.29, 1.82) is 0 Å². The van der Waals surface area contributed by atoms with Gasteiger partial charge in [-0.3, -0.25) is 4.40 Å². The number of rotatable bonds is 4. The van der Waals surface area contributed by atoms with Crippen LogP contribution in [0, 0.1) is 0 Å². The van der Waals surface area contributed by atoms with Crippen molar-refractivity contribution in [3.05, 3.63) is 51.0 Å². The third-order valence-corrected chi connectivity index (χ3v) is 4.63. The topological polar surface area (TPSA) is 42.2 Å². The van der Waals surface area contributed by atoms with Crippen molar-refractivity contribution >= 4 is 32.9 Å². The number of hydrogen-bond acceptors (Lipinski definition) is 4. The predicted molar refractivity (Wildman–Crippen MR) is 80.3 cm³/mol. The highest BCUT2D eigenvalue weighted by Gasteiger charge is 2.12. The number of thiophene rings is 1. The molecule has 0 amide bonds. The Morgan fingerprint density at radius 1 is 1.42 bits per heavy atom. The smallest absolute Gasteiger partial charge is 0.160 e. The van der Waals surface area contributed by atoms with Gasteiger partial charge in [-0.1, -0.05) is 6.07 Å². The largest absolute Gasteiger partial charge is 0.303 e. The number of fused-ring (bicyclic) bond motifs is 1. The maximum Gasteiger partial charge on any atom is 0.160 e. The van der Waals surface area contributed by atoms with Crippen LogP contribution in [0.15, 0.2) is 40.3 Å². The predicted octanol–water partition coefficient (Wildman–Crippen LogP) is 3.40. The Bertz CT molecular complexity index is 691. The van der Waals surface area contributed by atoms with Gasteiger partial charge in [0.25, 0.3) is 0 Å². The van der Waals surface area contributed by atoms with Gasteiger partial charge in [0.2, 0.25) is 0 Å². The van der Waals surface area contributed by atoms with Gasteiger partial charge in [-0.25, -0.2) is 0 Å². The average molecular weight is 337 g/mol. The summed E-state index contributed by atoms with van der Waals surface area (Å²) in [6.45, 7) is 2.94. The van der Waals surface area contributed by atoms with E-state index in [1.807, 2.05) is 28.8 Å². The zero-order valence-electron chi connectivity index (χ0n) is 10.4. The fraction of sp³-hybridized carbons (Fsp3) is 0.231. The van der Waals surface area contributed by atoms with E-state index >= 15 is 0 Å². The van der Waals surface area contributed by atoms with E-state index in [-0.39, 0.29) is 6.04 Å². The molecule has 0 saturated carbocycles. The molecule has 1 atom stereocenters. The second-order valence-corrected chi connectivity index (χ2v) is 6.23. The monoisotopic (exact) mass is 336 g/mol. The molecule has 0 aliphatic rings. The zero-order valence-corrected chi connectivity index (χ0v) is 12.8. The van der Waals surface area contributed by atoms with E-state index in [0.29, 0.717) is 0 Å². The summed E-state index contributed by atoms with van der Waals surface area (Å²) in [5.41, 5.74) is 0.880. The molecular formula is C13H13BrN4S. The lowest BCUT2D eigenvalue weighted by Gasteiger charge is -2.11. The van der Waals surface area contributed by atoms with Gasteiger partial charge in [0, 0.05) is 27.5 Å². The molecule has 4 nitrogen and oxygen atoms in total. The van der Waals surface area contributed by atoms with Gasteiger partial charge in [0.15, 0.2) is 11.5 Å². The molecule has 0 saturated heterocycles. The van der Waals surface area contributed by atoms with Gasteiger partial charge in [0.1, 0.15) is 0 Å². The molecule has 1 N–H and O–H groups in total. The molecule has 0 spiro atoms. The molecule has 1 unspecified atom stereocenters. The maximum absolute atomic E-state index is 4.26. The highest BCUT2D eigenvalue weighted by Crippen LogP contribution is 2.20. The fourth-order valence-electron chi connectivity index (χ4n) is 1.95. The number of nitrogens with zero attached hydrogens (tertiary/aromatic N) is 3. The molecule has 3 heterocycles. The minimum atomic E-state index is 0.151. The average Bonchev–Trinajstić information content (AvgIpc) is 3.02. The van der Waals surface area contributed by atoms with Crippen LogP contribution in [0.1, 0.15) is 23.7 Å². The third kappa shape index (κ3) is 2.70. The van der Waals surface area contributed by atoms with Crippen LogP contribution in [-0.4, -0.2) is 14.6 Å². The number of hydrogen-bond donors (Lipinski definition) is 1. The lowest BCUT2D eigenvalue weighted by molar-refractivity contribution is 0.545. The van der Waals surface area contributed by atoms with E-state index in [4.69, 9.17) is 0 Å². The van der Waals surface area contributed by atoms with Gasteiger partial charge in [-0.05, 0) is 41.1 Å². The lowest BCUT2D eigenvalue weighted by atomic mass is 10.3. The Morgan fingerprint density at radius 2 is 2.32 bits per heavy atom. The molecule has 0 bridgehead atoms. The Balaban J connectivity index is 1.75. The first-order valence-electron chi connectivity index (χ1n) is 6.00. The van der Waals surface area contributed by atoms with Crippen LogP contribution in [0.2, 0.25) is 0 Å². The van der Waals surface area contributed by atoms with Crippen molar-refractivity contribution in [2.45, 2.75) is 19.5 Å². The standard InChI is InChI=1S/C13H13BrN4S/c1-9(15-7-11-6-10(14)8-19-11)13-17-16-12-4-2-3-5-18(12)13/h2-6,8-9,15H,7H2,1H3. The van der Waals surface area contributed by atoms with Gasteiger partial charge < -0.3 is 5.32 Å². The quantitative estimate of drug-likeness (QED) is 0.793. The highest BCUT2D eigenvalue weighted by molar-refractivity contribution is 9.10. The van der Waals surface area contributed by atoms with Crippen molar-refractivity contribution in [3.8, 4) is 0 Å². The van der Waals surface area contributed by atoms with Gasteiger partial charge in [-0.2, -0.15) is 0 Å². The highest BCUT2D eigenvalue weighted by atomic mass is 79.9. The number of aromatic nitrogens is 3. The van der Waals surface area contributed by atoms with E-state index in [2.05, 4.69) is 49.8 Å². The zero-order chi connectivity index (χ0) is 13.2. The summed E-state index contributed by atoms with van der Waals surface area (Å²) in [5.74, 6) is 0.936. The van der Waals surface area contributed by atoms with Crippen molar-refractivity contribution in [2.75, 3.05) is 0 Å². The minimum absolute atomic E-state index is 0.151. The number of nitrogens with one attached hydrogen (secondary N) is 1. The van der Waals surface area contributed by atoms with E-state index in [9.17, 15) is 0 Å². The summed E-state index contributed by atoms with van der Waals surface area (Å²) in [7, 11) is 0. The first-order chi connectivity index (χ1) is 9.24. The van der Waals surface area contributed by atoms with Crippen LogP contribution in [-0.2, 0) is 6.54 Å². The molecule has 19 heavy (non-hydrogen) atoms. The van der Waals surface area contributed by atoms with Gasteiger partial charge in [-0.15, -0.1) is 21.5 Å². The molecule has 0 fully saturated rings. The van der Waals surface area contributed by atoms with E-state index in [1.54, 1.807) is 11.3 Å². The Labute approximate surface area is 123 Å². The molecule has 0 aliphatic heterocycles. The van der Waals surface area contributed by atoms with Crippen LogP contribution < -0.4 is 5.32 Å². The number of pyridine rings is 1. The molecule has 0 aliphatic carbocycles. The molecule has 98 valence electrons. The SMILES string of the molecule is CC(NCc1cc(Br)cs1)c1nnc2ccccn12. The molecule has 0 aromatic carbocycles. The maximum atomic E-state index is 4.26. The van der Waals surface area contributed by atoms with Crippen LogP contribution in [0.3, 0.4) is 0 Å². The second kappa shape index (κ2) is 5.40. The Hall–Kier alpha value is -1.24. The fourth-order valence-corrected chi connectivity index (χ4v) is 3.35. The molecule has 0 radical (unpaired) electrons. The molecule has 3 rings (SSSR count). The molecule has 3 aromatic heterocycles. The Morgan fingerprint density at radius 3 is 3.11 bits per heavy atom. The van der Waals surface area contributed by atoms with Crippen molar-refractivity contribution < 1.29 is 0 Å². The van der Waals surface area contributed by atoms with E-state index in [1.165, 1.54) is 4.88 Å². The van der Waals surface area contributed by atoms with E-state index < -0.39 is 0 Å². The third-order valence-electron chi connectivity index (χ3n) is 2.93. The second-order valence-electron chi connectivity index (χ2n) is 4.32. The first-order valence-corrected chi connectivity index (χ1v) is 7.67. The molecule has 3 aromatic rings. The summed E-state index contributed by atoms with van der Waals surface area (Å²) >= 11 is 5.21. The van der Waals surface area contributed by atoms with Crippen molar-refractivity contribution in [3.63, 3.8) is 0 Å². The Kier molecular flexibility index (Phi) is 3.63. The van der Waals surface area contributed by atoms with Crippen LogP contribution in [0.5, 0.6) is 0 Å². The summed E-state index contributed by atoms with van der Waals surface area (Å²) in [4.78, 5) is 1.30. The summed E-state index contributed by atoms with van der Waals surface area (Å²) in [6.07, 6.45) is 1.99. The van der Waals surface area contributed by atoms with Gasteiger partial charge >= 0.3 is 0 Å². The first kappa shape index (κ1) is 12.8. The van der Waals surface area contributed by atoms with E-state index in [0.717, 1.165) is 22.5 Å². The number of halogens is 1. The molecule has 6 heteroatoms. The minimum Gasteiger partial charge on any atom is -0.303 e. The van der Waals surface area contributed by atoms with Crippen LogP contribution >= 0.6 is 27.3 Å².